The number of fused-ring (bicyclic) bond motifs is 2. The molecule has 2 aromatic heterocycles. The largest absolute Gasteiger partial charge is 0.459 e. The van der Waals surface area contributed by atoms with Crippen molar-refractivity contribution in [2.24, 2.45) is 0 Å². The first-order valence-corrected chi connectivity index (χ1v) is 15.0. The van der Waals surface area contributed by atoms with Crippen LogP contribution in [0.15, 0.2) is 77.5 Å². The van der Waals surface area contributed by atoms with Crippen LogP contribution < -0.4 is 10.6 Å². The minimum atomic E-state index is -1.03. The molecule has 2 aliphatic heterocycles. The lowest BCUT2D eigenvalue weighted by atomic mass is 10.0. The Hall–Kier alpha value is -5.60. The summed E-state index contributed by atoms with van der Waals surface area (Å²) in [5.74, 6) is 4.31. The normalized spacial score (nSPS) is 16.7. The summed E-state index contributed by atoms with van der Waals surface area (Å²) in [7, 11) is 1.88. The average molecular weight is 618 g/mol. The van der Waals surface area contributed by atoms with Gasteiger partial charge >= 0.3 is 0 Å². The zero-order valence-corrected chi connectivity index (χ0v) is 25.1. The van der Waals surface area contributed by atoms with Gasteiger partial charge in [0.25, 0.3) is 11.8 Å². The van der Waals surface area contributed by atoms with Gasteiger partial charge < -0.3 is 9.73 Å². The van der Waals surface area contributed by atoms with Gasteiger partial charge in [0, 0.05) is 41.7 Å². The second-order valence-electron chi connectivity index (χ2n) is 11.3. The Labute approximate surface area is 264 Å². The van der Waals surface area contributed by atoms with E-state index in [1.807, 2.05) is 54.4 Å². The van der Waals surface area contributed by atoms with Gasteiger partial charge in [0.2, 0.25) is 17.7 Å². The van der Waals surface area contributed by atoms with Gasteiger partial charge in [-0.1, -0.05) is 42.2 Å². The third-order valence-electron chi connectivity index (χ3n) is 8.04. The van der Waals surface area contributed by atoms with E-state index in [-0.39, 0.29) is 36.3 Å². The smallest absolute Gasteiger partial charge is 0.263 e. The number of hydrogen-bond donors (Lipinski definition) is 2. The zero-order valence-electron chi connectivity index (χ0n) is 25.1. The maximum Gasteiger partial charge on any atom is 0.263 e. The Morgan fingerprint density at radius 3 is 2.74 bits per heavy atom. The molecule has 46 heavy (non-hydrogen) atoms. The van der Waals surface area contributed by atoms with Gasteiger partial charge in [0.15, 0.2) is 0 Å². The summed E-state index contributed by atoms with van der Waals surface area (Å²) in [5, 5.41) is 6.24. The highest BCUT2D eigenvalue weighted by atomic mass is 16.3. The van der Waals surface area contributed by atoms with E-state index in [2.05, 4.69) is 27.5 Å². The van der Waals surface area contributed by atoms with E-state index in [0.717, 1.165) is 21.4 Å². The molecule has 2 aliphatic rings. The molecular formula is C35H31N5O6. The number of furan rings is 1. The molecule has 0 saturated carbocycles. The van der Waals surface area contributed by atoms with Gasteiger partial charge in [-0.2, -0.15) is 0 Å². The first kappa shape index (κ1) is 30.4. The highest BCUT2D eigenvalue weighted by molar-refractivity contribution is 6.24. The number of pyridine rings is 1. The highest BCUT2D eigenvalue weighted by Gasteiger charge is 2.45. The number of para-hydroxylation sites is 1. The molecule has 0 radical (unpaired) electrons. The molecule has 6 rings (SSSR count). The Balaban J connectivity index is 1.05. The highest BCUT2D eigenvalue weighted by Crippen LogP contribution is 2.30. The summed E-state index contributed by atoms with van der Waals surface area (Å²) in [6, 6.07) is 16.7. The lowest BCUT2D eigenvalue weighted by molar-refractivity contribution is -0.136. The molecule has 2 aromatic carbocycles. The van der Waals surface area contributed by atoms with E-state index in [9.17, 15) is 24.0 Å². The number of amides is 5. The molecule has 11 nitrogen and oxygen atoms in total. The minimum absolute atomic E-state index is 0.0524. The van der Waals surface area contributed by atoms with Gasteiger partial charge in [0.05, 0.1) is 17.7 Å². The monoisotopic (exact) mass is 617 g/mol. The van der Waals surface area contributed by atoms with E-state index in [0.29, 0.717) is 30.8 Å². The molecule has 2 unspecified atom stereocenters. The van der Waals surface area contributed by atoms with Crippen LogP contribution in [0.4, 0.5) is 0 Å². The molecule has 2 atom stereocenters. The van der Waals surface area contributed by atoms with Crippen LogP contribution >= 0.6 is 0 Å². The van der Waals surface area contributed by atoms with E-state index >= 15 is 0 Å². The van der Waals surface area contributed by atoms with Crippen LogP contribution in [-0.2, 0) is 14.4 Å². The zero-order chi connectivity index (χ0) is 32.2. The summed E-state index contributed by atoms with van der Waals surface area (Å²) < 4.78 is 6.06. The number of imide groups is 2. The van der Waals surface area contributed by atoms with Crippen LogP contribution in [0.25, 0.3) is 11.0 Å². The number of aromatic nitrogens is 1. The maximum absolute atomic E-state index is 13.3. The number of carbonyl (C=O) groups is 5. The molecule has 0 aliphatic carbocycles. The topological polar surface area (TPSA) is 142 Å². The fraction of sp³-hybridized carbons (Fsp3) is 0.257. The molecule has 4 aromatic rings. The first-order chi connectivity index (χ1) is 22.3. The van der Waals surface area contributed by atoms with Crippen molar-refractivity contribution in [3.63, 3.8) is 0 Å². The fourth-order valence-corrected chi connectivity index (χ4v) is 5.72. The molecule has 4 heterocycles. The van der Waals surface area contributed by atoms with Gasteiger partial charge in [-0.15, -0.1) is 0 Å². The van der Waals surface area contributed by atoms with Crippen LogP contribution in [0.1, 0.15) is 69.3 Å². The van der Waals surface area contributed by atoms with Crippen LogP contribution in [0.3, 0.4) is 0 Å². The number of nitrogens with zero attached hydrogens (tertiary/aromatic N) is 3. The third-order valence-corrected chi connectivity index (χ3v) is 8.04. The third kappa shape index (κ3) is 6.29. The van der Waals surface area contributed by atoms with Crippen molar-refractivity contribution in [1.82, 2.24) is 25.4 Å². The molecular weight excluding hydrogens is 586 g/mol. The Bertz CT molecular complexity index is 1870. The number of benzene rings is 2. The first-order valence-electron chi connectivity index (χ1n) is 15.0. The van der Waals surface area contributed by atoms with E-state index in [1.165, 1.54) is 6.07 Å². The van der Waals surface area contributed by atoms with Gasteiger partial charge in [-0.25, -0.2) is 0 Å². The van der Waals surface area contributed by atoms with Crippen LogP contribution in [0.2, 0.25) is 0 Å². The number of hydrogen-bond acceptors (Lipinski definition) is 8. The minimum Gasteiger partial charge on any atom is -0.459 e. The predicted molar refractivity (Wildman–Crippen MR) is 167 cm³/mol. The summed E-state index contributed by atoms with van der Waals surface area (Å²) in [6.07, 6.45) is 4.40. The molecule has 5 amide bonds. The van der Waals surface area contributed by atoms with Crippen molar-refractivity contribution in [1.29, 1.82) is 0 Å². The van der Waals surface area contributed by atoms with E-state index < -0.39 is 35.7 Å². The Morgan fingerprint density at radius 2 is 1.96 bits per heavy atom. The van der Waals surface area contributed by atoms with Crippen LogP contribution in [0, 0.1) is 11.8 Å². The molecule has 1 saturated heterocycles. The Morgan fingerprint density at radius 1 is 1.11 bits per heavy atom. The number of carbonyl (C=O) groups excluding carboxylic acids is 5. The molecule has 232 valence electrons. The van der Waals surface area contributed by atoms with Gasteiger partial charge in [0.1, 0.15) is 23.4 Å². The van der Waals surface area contributed by atoms with E-state index in [1.54, 1.807) is 24.5 Å². The maximum atomic E-state index is 13.3. The van der Waals surface area contributed by atoms with Crippen molar-refractivity contribution in [2.75, 3.05) is 20.1 Å². The van der Waals surface area contributed by atoms with Crippen molar-refractivity contribution in [3.05, 3.63) is 101 Å². The Kier molecular flexibility index (Phi) is 8.72. The van der Waals surface area contributed by atoms with Crippen molar-refractivity contribution in [3.8, 4) is 11.8 Å². The summed E-state index contributed by atoms with van der Waals surface area (Å²) in [6.45, 7) is 0.958. The van der Waals surface area contributed by atoms with Crippen molar-refractivity contribution >= 4 is 40.5 Å². The van der Waals surface area contributed by atoms with E-state index in [4.69, 9.17) is 4.42 Å². The predicted octanol–water partition coefficient (Wildman–Crippen LogP) is 3.20. The molecule has 2 N–H and O–H groups in total. The number of rotatable bonds is 9. The second-order valence-corrected chi connectivity index (χ2v) is 11.3. The SMILES string of the molecule is CN(CC#Cc1cccc2c1C(=O)N(C1CCC(=O)NC1=O)C2=O)CCCC(=O)NC(c1cccnc1)c1cc2ccccc2o1. The lowest BCUT2D eigenvalue weighted by Gasteiger charge is -2.27. The standard InChI is InChI=1S/C35H31N5O6/c1-39(18-6-11-22-9-4-12-25-31(22)35(45)40(34(25)44)26-15-16-30(42)38-33(26)43)19-7-14-29(41)37-32(24-10-5-17-36-21-24)28-20-23-8-2-3-13-27(23)46-28/h2-5,8-10,12-13,17,20-21,26,32H,7,14-16,18-19H2,1H3,(H,37,41)(H,38,42,43). The van der Waals surface area contributed by atoms with Crippen molar-refractivity contribution in [2.45, 2.75) is 37.8 Å². The van der Waals surface area contributed by atoms with Crippen LogP contribution in [-0.4, -0.2) is 70.5 Å². The van der Waals surface area contributed by atoms with Gasteiger partial charge in [-0.3, -0.25) is 44.1 Å². The average Bonchev–Trinajstić information content (AvgIpc) is 3.59. The lowest BCUT2D eigenvalue weighted by Crippen LogP contribution is -2.54. The number of nitrogens with one attached hydrogen (secondary N) is 2. The summed E-state index contributed by atoms with van der Waals surface area (Å²) in [4.78, 5) is 70.4. The summed E-state index contributed by atoms with van der Waals surface area (Å²) in [5.41, 5.74) is 2.30. The molecule has 11 heteroatoms. The van der Waals surface area contributed by atoms with Crippen molar-refractivity contribution < 1.29 is 28.4 Å². The quantitative estimate of drug-likeness (QED) is 0.216. The molecule has 0 spiro atoms. The second kappa shape index (κ2) is 13.2. The van der Waals surface area contributed by atoms with Crippen LogP contribution in [0.5, 0.6) is 0 Å². The van der Waals surface area contributed by atoms with Gasteiger partial charge in [-0.05, 0) is 56.8 Å². The molecule has 1 fully saturated rings. The molecule has 0 bridgehead atoms. The fourth-order valence-electron chi connectivity index (χ4n) is 5.72. The summed E-state index contributed by atoms with van der Waals surface area (Å²) >= 11 is 0. The number of piperidine rings is 1.